The predicted octanol–water partition coefficient (Wildman–Crippen LogP) is 4.50. The normalized spacial score (nSPS) is 12.3. The van der Waals surface area contributed by atoms with Crippen LogP contribution in [0.2, 0.25) is 0 Å². The molecule has 1 aromatic heterocycles. The summed E-state index contributed by atoms with van der Waals surface area (Å²) in [5, 5.41) is 0.432. The van der Waals surface area contributed by atoms with Crippen molar-refractivity contribution in [2.24, 2.45) is 0 Å². The van der Waals surface area contributed by atoms with Gasteiger partial charge in [-0.05, 0) is 31.5 Å². The number of nitrogens with zero attached hydrogens (tertiary/aromatic N) is 2. The van der Waals surface area contributed by atoms with Crippen molar-refractivity contribution in [3.05, 3.63) is 65.9 Å². The zero-order valence-corrected chi connectivity index (χ0v) is 18.0. The molecule has 9 heteroatoms. The number of alkyl halides is 3. The third-order valence-corrected chi connectivity index (χ3v) is 6.83. The molecule has 0 atom stereocenters. The highest BCUT2D eigenvalue weighted by Crippen LogP contribution is 2.32. The molecule has 0 bridgehead atoms. The number of amides is 1. The second kappa shape index (κ2) is 8.74. The lowest BCUT2D eigenvalue weighted by molar-refractivity contribution is -0.137. The van der Waals surface area contributed by atoms with Crippen molar-refractivity contribution in [3.8, 4) is 0 Å². The van der Waals surface area contributed by atoms with Crippen molar-refractivity contribution in [2.45, 2.75) is 37.2 Å². The highest BCUT2D eigenvalue weighted by atomic mass is 32.2. The smallest absolute Gasteiger partial charge is 0.342 e. The third kappa shape index (κ3) is 4.92. The molecule has 2 aromatic carbocycles. The van der Waals surface area contributed by atoms with E-state index in [0.29, 0.717) is 24.0 Å². The van der Waals surface area contributed by atoms with E-state index in [2.05, 4.69) is 0 Å². The van der Waals surface area contributed by atoms with Gasteiger partial charge in [0.05, 0.1) is 16.2 Å². The van der Waals surface area contributed by atoms with E-state index in [-0.39, 0.29) is 22.9 Å². The molecule has 0 saturated heterocycles. The maximum absolute atomic E-state index is 13.1. The number of benzene rings is 2. The van der Waals surface area contributed by atoms with Crippen molar-refractivity contribution < 1.29 is 26.4 Å². The summed E-state index contributed by atoms with van der Waals surface area (Å²) in [7, 11) is -3.96. The largest absolute Gasteiger partial charge is 0.416 e. The topological polar surface area (TPSA) is 59.4 Å². The second-order valence-electron chi connectivity index (χ2n) is 7.16. The second-order valence-corrected chi connectivity index (χ2v) is 9.12. The zero-order chi connectivity index (χ0) is 22.8. The lowest BCUT2D eigenvalue weighted by Crippen LogP contribution is -2.33. The number of para-hydroxylation sites is 1. The molecule has 0 radical (unpaired) electrons. The minimum Gasteiger partial charge on any atom is -0.342 e. The fourth-order valence-corrected chi connectivity index (χ4v) is 5.12. The first-order chi connectivity index (χ1) is 14.6. The van der Waals surface area contributed by atoms with Crippen LogP contribution in [0.4, 0.5) is 13.2 Å². The molecule has 0 saturated carbocycles. The van der Waals surface area contributed by atoms with Crippen LogP contribution < -0.4 is 0 Å². The summed E-state index contributed by atoms with van der Waals surface area (Å²) in [6.07, 6.45) is -3.16. The van der Waals surface area contributed by atoms with Gasteiger partial charge in [-0.3, -0.25) is 4.79 Å². The van der Waals surface area contributed by atoms with Gasteiger partial charge in [0.25, 0.3) is 0 Å². The number of hydrogen-bond acceptors (Lipinski definition) is 3. The molecule has 1 amide bonds. The van der Waals surface area contributed by atoms with Gasteiger partial charge in [-0.2, -0.15) is 13.2 Å². The van der Waals surface area contributed by atoms with Crippen molar-refractivity contribution in [3.63, 3.8) is 0 Å². The van der Waals surface area contributed by atoms with Crippen LogP contribution in [0, 0.1) is 0 Å². The van der Waals surface area contributed by atoms with Gasteiger partial charge in [-0.15, -0.1) is 0 Å². The Bertz CT molecular complexity index is 1200. The van der Waals surface area contributed by atoms with E-state index < -0.39 is 27.3 Å². The molecule has 5 nitrogen and oxygen atoms in total. The Morgan fingerprint density at radius 1 is 1.03 bits per heavy atom. The number of aromatic nitrogens is 1. The molecule has 0 aliphatic heterocycles. The van der Waals surface area contributed by atoms with Crippen LogP contribution in [0.5, 0.6) is 0 Å². The van der Waals surface area contributed by atoms with E-state index >= 15 is 0 Å². The first-order valence-electron chi connectivity index (χ1n) is 9.81. The third-order valence-electron chi connectivity index (χ3n) is 5.12. The van der Waals surface area contributed by atoms with Gasteiger partial charge in [-0.1, -0.05) is 36.4 Å². The minimum atomic E-state index is -4.55. The summed E-state index contributed by atoms with van der Waals surface area (Å²) in [5.41, 5.74) is -0.274. The van der Waals surface area contributed by atoms with E-state index in [0.717, 1.165) is 12.1 Å². The average Bonchev–Trinajstić information content (AvgIpc) is 3.08. The van der Waals surface area contributed by atoms with Crippen molar-refractivity contribution in [2.75, 3.05) is 13.1 Å². The lowest BCUT2D eigenvalue weighted by Gasteiger charge is -2.19. The summed E-state index contributed by atoms with van der Waals surface area (Å²) >= 11 is 0. The van der Waals surface area contributed by atoms with Crippen molar-refractivity contribution >= 4 is 26.6 Å². The Morgan fingerprint density at radius 3 is 2.35 bits per heavy atom. The monoisotopic (exact) mass is 452 g/mol. The summed E-state index contributed by atoms with van der Waals surface area (Å²) in [5.74, 6) is -0.720. The number of halogens is 3. The number of rotatable bonds is 7. The quantitative estimate of drug-likeness (QED) is 0.530. The summed E-state index contributed by atoms with van der Waals surface area (Å²) < 4.78 is 66.8. The molecule has 166 valence electrons. The maximum Gasteiger partial charge on any atom is 0.416 e. The number of carbonyl (C=O) groups is 1. The Kier molecular flexibility index (Phi) is 6.45. The Morgan fingerprint density at radius 2 is 1.71 bits per heavy atom. The van der Waals surface area contributed by atoms with Crippen LogP contribution in [-0.2, 0) is 33.1 Å². The highest BCUT2D eigenvalue weighted by molar-refractivity contribution is 7.90. The molecule has 0 fully saturated rings. The SMILES string of the molecule is CCN(CC)C(=O)Cn1cc(S(=O)(=O)Cc2cccc(C(F)(F)F)c2)c2ccccc21. The van der Waals surface area contributed by atoms with Gasteiger partial charge in [0.1, 0.15) is 6.54 Å². The Hall–Kier alpha value is -2.81. The summed E-state index contributed by atoms with van der Waals surface area (Å²) in [6.45, 7) is 4.77. The fourth-order valence-electron chi connectivity index (χ4n) is 3.55. The lowest BCUT2D eigenvalue weighted by atomic mass is 10.1. The van der Waals surface area contributed by atoms with Crippen LogP contribution in [0.1, 0.15) is 25.0 Å². The molecular formula is C22H23F3N2O3S. The number of likely N-dealkylation sites (N-methyl/N-ethyl adjacent to an activating group) is 1. The molecule has 31 heavy (non-hydrogen) atoms. The van der Waals surface area contributed by atoms with Gasteiger partial charge in [0.2, 0.25) is 5.91 Å². The molecule has 0 unspecified atom stereocenters. The van der Waals surface area contributed by atoms with Crippen LogP contribution in [0.3, 0.4) is 0 Å². The molecule has 1 heterocycles. The van der Waals surface area contributed by atoms with Crippen LogP contribution in [0.25, 0.3) is 10.9 Å². The molecule has 0 aliphatic carbocycles. The molecule has 0 spiro atoms. The fraction of sp³-hybridized carbons (Fsp3) is 0.318. The van der Waals surface area contributed by atoms with E-state index in [1.807, 2.05) is 13.8 Å². The van der Waals surface area contributed by atoms with Gasteiger partial charge in [0.15, 0.2) is 9.84 Å². The van der Waals surface area contributed by atoms with Gasteiger partial charge >= 0.3 is 6.18 Å². The Balaban J connectivity index is 2.00. The van der Waals surface area contributed by atoms with Crippen molar-refractivity contribution in [1.29, 1.82) is 0 Å². The van der Waals surface area contributed by atoms with Gasteiger partial charge in [0, 0.05) is 30.2 Å². The van der Waals surface area contributed by atoms with E-state index in [9.17, 15) is 26.4 Å². The van der Waals surface area contributed by atoms with Gasteiger partial charge < -0.3 is 9.47 Å². The number of sulfone groups is 1. The zero-order valence-electron chi connectivity index (χ0n) is 17.2. The molecular weight excluding hydrogens is 429 g/mol. The van der Waals surface area contributed by atoms with E-state index in [1.54, 1.807) is 33.7 Å². The average molecular weight is 452 g/mol. The first-order valence-corrected chi connectivity index (χ1v) is 11.5. The predicted molar refractivity (Wildman–Crippen MR) is 112 cm³/mol. The van der Waals surface area contributed by atoms with Crippen LogP contribution in [-0.4, -0.2) is 36.9 Å². The van der Waals surface area contributed by atoms with Gasteiger partial charge in [-0.25, -0.2) is 8.42 Å². The van der Waals surface area contributed by atoms with E-state index in [1.165, 1.54) is 18.3 Å². The van der Waals surface area contributed by atoms with E-state index in [4.69, 9.17) is 0 Å². The van der Waals surface area contributed by atoms with Crippen LogP contribution in [0.15, 0.2) is 59.6 Å². The molecule has 3 rings (SSSR count). The van der Waals surface area contributed by atoms with Crippen molar-refractivity contribution in [1.82, 2.24) is 9.47 Å². The molecule has 0 aliphatic rings. The molecule has 0 N–H and O–H groups in total. The van der Waals surface area contributed by atoms with Crippen LogP contribution >= 0.6 is 0 Å². The number of carbonyl (C=O) groups excluding carboxylic acids is 1. The number of fused-ring (bicyclic) bond motifs is 1. The summed E-state index contributed by atoms with van der Waals surface area (Å²) in [4.78, 5) is 14.2. The molecule has 3 aromatic rings. The highest BCUT2D eigenvalue weighted by Gasteiger charge is 2.31. The number of hydrogen-bond donors (Lipinski definition) is 0. The summed E-state index contributed by atoms with van der Waals surface area (Å²) in [6, 6.07) is 11.1. The maximum atomic E-state index is 13.1. The first kappa shape index (κ1) is 22.9. The Labute approximate surface area is 179 Å². The standard InChI is InChI=1S/C22H23F3N2O3S/c1-3-26(4-2)21(28)14-27-13-20(18-10-5-6-11-19(18)27)31(29,30)15-16-8-7-9-17(12-16)22(23,24)25/h5-13H,3-4,14-15H2,1-2H3. The minimum absolute atomic E-state index is 0.00661.